The van der Waals surface area contributed by atoms with E-state index in [9.17, 15) is 9.90 Å². The number of benzene rings is 1. The molecule has 0 unspecified atom stereocenters. The molecule has 1 aromatic rings. The maximum atomic E-state index is 12.2. The monoisotopic (exact) mass is 320 g/mol. The van der Waals surface area contributed by atoms with Crippen molar-refractivity contribution in [2.24, 2.45) is 0 Å². The van der Waals surface area contributed by atoms with E-state index in [2.05, 4.69) is 16.3 Å². The number of hydrogen-bond donors (Lipinski definition) is 2. The highest BCUT2D eigenvalue weighted by Crippen LogP contribution is 2.27. The first-order valence-corrected chi connectivity index (χ1v) is 8.28. The van der Waals surface area contributed by atoms with E-state index in [0.29, 0.717) is 13.2 Å². The van der Waals surface area contributed by atoms with Gasteiger partial charge in [0.05, 0.1) is 5.60 Å². The molecule has 23 heavy (non-hydrogen) atoms. The Morgan fingerprint density at radius 1 is 1.48 bits per heavy atom. The minimum absolute atomic E-state index is 0.112. The van der Waals surface area contributed by atoms with Gasteiger partial charge in [-0.1, -0.05) is 12.1 Å². The molecule has 1 atom stereocenters. The fraction of sp³-hybridized carbons (Fsp3) is 0.611. The molecule has 0 aromatic heterocycles. The minimum atomic E-state index is -0.698. The quantitative estimate of drug-likeness (QED) is 0.843. The lowest BCUT2D eigenvalue weighted by Crippen LogP contribution is -2.41. The average Bonchev–Trinajstić information content (AvgIpc) is 2.45. The molecule has 5 heteroatoms. The first kappa shape index (κ1) is 17.9. The Labute approximate surface area is 138 Å². The van der Waals surface area contributed by atoms with Crippen LogP contribution >= 0.6 is 0 Å². The van der Waals surface area contributed by atoms with E-state index in [4.69, 9.17) is 4.74 Å². The predicted octanol–water partition coefficient (Wildman–Crippen LogP) is 2.18. The molecule has 1 aliphatic rings. The summed E-state index contributed by atoms with van der Waals surface area (Å²) < 4.78 is 5.34. The zero-order valence-corrected chi connectivity index (χ0v) is 14.6. The third-order valence-electron chi connectivity index (χ3n) is 4.00. The van der Waals surface area contributed by atoms with Gasteiger partial charge in [0.1, 0.15) is 6.10 Å². The Morgan fingerprint density at radius 2 is 2.22 bits per heavy atom. The van der Waals surface area contributed by atoms with Gasteiger partial charge < -0.3 is 15.2 Å². The van der Waals surface area contributed by atoms with E-state index < -0.39 is 11.7 Å². The van der Waals surface area contributed by atoms with Gasteiger partial charge in [-0.3, -0.25) is 9.69 Å². The van der Waals surface area contributed by atoms with Crippen LogP contribution in [0.5, 0.6) is 0 Å². The van der Waals surface area contributed by atoms with Crippen molar-refractivity contribution in [3.05, 3.63) is 29.3 Å². The van der Waals surface area contributed by atoms with E-state index >= 15 is 0 Å². The number of carbonyl (C=O) groups is 1. The van der Waals surface area contributed by atoms with Crippen LogP contribution in [0.2, 0.25) is 0 Å². The Kier molecular flexibility index (Phi) is 5.79. The number of ether oxygens (including phenoxy) is 1. The van der Waals surface area contributed by atoms with Gasteiger partial charge in [-0.05, 0) is 51.3 Å². The molecular weight excluding hydrogens is 292 g/mol. The fourth-order valence-electron chi connectivity index (χ4n) is 3.03. The third-order valence-corrected chi connectivity index (χ3v) is 4.00. The molecule has 0 spiro atoms. The second-order valence-electron chi connectivity index (χ2n) is 6.80. The van der Waals surface area contributed by atoms with Crippen LogP contribution in [-0.2, 0) is 22.5 Å². The number of rotatable bonds is 6. The zero-order valence-electron chi connectivity index (χ0n) is 14.6. The van der Waals surface area contributed by atoms with Gasteiger partial charge in [-0.25, -0.2) is 0 Å². The normalized spacial score (nSPS) is 16.7. The van der Waals surface area contributed by atoms with E-state index in [1.165, 1.54) is 11.1 Å². The maximum absolute atomic E-state index is 12.2. The predicted molar refractivity (Wildman–Crippen MR) is 91.4 cm³/mol. The Morgan fingerprint density at radius 3 is 2.87 bits per heavy atom. The third kappa shape index (κ3) is 5.03. The standard InChI is InChI=1S/C18H28N2O3/c1-5-23-13(2)17(21)19-16-8-6-7-14-11-20(10-9-15(14)16)12-18(3,4)22/h6-8,13,22H,5,9-12H2,1-4H3,(H,19,21)/t13-/m1/s1. The molecule has 0 aliphatic carbocycles. The highest BCUT2D eigenvalue weighted by atomic mass is 16.5. The summed E-state index contributed by atoms with van der Waals surface area (Å²) in [6, 6.07) is 6.00. The Balaban J connectivity index is 2.09. The lowest BCUT2D eigenvalue weighted by atomic mass is 9.96. The molecule has 2 rings (SSSR count). The van der Waals surface area contributed by atoms with Crippen LogP contribution in [0.25, 0.3) is 0 Å². The van der Waals surface area contributed by atoms with Gasteiger partial charge in [-0.15, -0.1) is 0 Å². The van der Waals surface area contributed by atoms with Crippen LogP contribution in [0.3, 0.4) is 0 Å². The molecule has 0 saturated heterocycles. The van der Waals surface area contributed by atoms with Crippen LogP contribution in [-0.4, -0.2) is 47.3 Å². The first-order valence-electron chi connectivity index (χ1n) is 8.28. The van der Waals surface area contributed by atoms with Crippen LogP contribution in [0.4, 0.5) is 5.69 Å². The lowest BCUT2D eigenvalue weighted by Gasteiger charge is -2.34. The molecule has 1 amide bonds. The summed E-state index contributed by atoms with van der Waals surface area (Å²) in [4.78, 5) is 14.4. The maximum Gasteiger partial charge on any atom is 0.253 e. The van der Waals surface area contributed by atoms with Crippen molar-refractivity contribution < 1.29 is 14.6 Å². The van der Waals surface area contributed by atoms with Crippen molar-refractivity contribution in [1.82, 2.24) is 4.90 Å². The van der Waals surface area contributed by atoms with Crippen molar-refractivity contribution in [2.45, 2.75) is 52.4 Å². The smallest absolute Gasteiger partial charge is 0.253 e. The van der Waals surface area contributed by atoms with E-state index in [0.717, 1.165) is 25.2 Å². The topological polar surface area (TPSA) is 61.8 Å². The number of β-amino-alcohol motifs (C(OH)–C–C–N with tert-alkyl or cyclic N) is 1. The van der Waals surface area contributed by atoms with Gasteiger partial charge in [0, 0.05) is 31.9 Å². The van der Waals surface area contributed by atoms with E-state index in [1.807, 2.05) is 32.9 Å². The van der Waals surface area contributed by atoms with Crippen LogP contribution < -0.4 is 5.32 Å². The molecule has 0 bridgehead atoms. The van der Waals surface area contributed by atoms with E-state index in [-0.39, 0.29) is 5.91 Å². The molecule has 1 heterocycles. The van der Waals surface area contributed by atoms with Crippen molar-refractivity contribution in [1.29, 1.82) is 0 Å². The van der Waals surface area contributed by atoms with Gasteiger partial charge in [0.15, 0.2) is 0 Å². The zero-order chi connectivity index (χ0) is 17.0. The number of carbonyl (C=O) groups excluding carboxylic acids is 1. The molecule has 1 aromatic carbocycles. The summed E-state index contributed by atoms with van der Waals surface area (Å²) in [5.41, 5.74) is 2.58. The van der Waals surface area contributed by atoms with Gasteiger partial charge >= 0.3 is 0 Å². The van der Waals surface area contributed by atoms with Crippen LogP contribution in [0.1, 0.15) is 38.8 Å². The van der Waals surface area contributed by atoms with Crippen molar-refractivity contribution in [3.63, 3.8) is 0 Å². The molecule has 0 saturated carbocycles. The molecule has 5 nitrogen and oxygen atoms in total. The summed E-state index contributed by atoms with van der Waals surface area (Å²) >= 11 is 0. The van der Waals surface area contributed by atoms with Crippen molar-refractivity contribution in [3.8, 4) is 0 Å². The van der Waals surface area contributed by atoms with Gasteiger partial charge in [0.2, 0.25) is 0 Å². The van der Waals surface area contributed by atoms with Gasteiger partial charge in [0.25, 0.3) is 5.91 Å². The lowest BCUT2D eigenvalue weighted by molar-refractivity contribution is -0.126. The summed E-state index contributed by atoms with van der Waals surface area (Å²) in [5.74, 6) is -0.112. The molecular formula is C18H28N2O3. The van der Waals surface area contributed by atoms with E-state index in [1.54, 1.807) is 6.92 Å². The van der Waals surface area contributed by atoms with Gasteiger partial charge in [-0.2, -0.15) is 0 Å². The number of anilines is 1. The molecule has 0 radical (unpaired) electrons. The van der Waals surface area contributed by atoms with Crippen molar-refractivity contribution >= 4 is 11.6 Å². The second-order valence-corrected chi connectivity index (χ2v) is 6.80. The summed E-state index contributed by atoms with van der Waals surface area (Å²) in [7, 11) is 0. The highest BCUT2D eigenvalue weighted by molar-refractivity contribution is 5.94. The molecule has 1 aliphatic heterocycles. The number of aliphatic hydroxyl groups is 1. The number of nitrogens with zero attached hydrogens (tertiary/aromatic N) is 1. The van der Waals surface area contributed by atoms with Crippen LogP contribution in [0.15, 0.2) is 18.2 Å². The number of amides is 1. The largest absolute Gasteiger partial charge is 0.389 e. The average molecular weight is 320 g/mol. The second kappa shape index (κ2) is 7.43. The highest BCUT2D eigenvalue weighted by Gasteiger charge is 2.24. The van der Waals surface area contributed by atoms with Crippen molar-refractivity contribution in [2.75, 3.05) is 25.0 Å². The number of fused-ring (bicyclic) bond motifs is 1. The molecule has 128 valence electrons. The number of hydrogen-bond acceptors (Lipinski definition) is 4. The number of nitrogens with one attached hydrogen (secondary N) is 1. The molecule has 2 N–H and O–H groups in total. The molecule has 0 fully saturated rings. The minimum Gasteiger partial charge on any atom is -0.389 e. The first-order chi connectivity index (χ1) is 10.8. The Hall–Kier alpha value is -1.43. The summed E-state index contributed by atoms with van der Waals surface area (Å²) in [6.07, 6.45) is 0.413. The summed E-state index contributed by atoms with van der Waals surface area (Å²) in [6.45, 7) is 10.1. The SMILES string of the molecule is CCO[C@H](C)C(=O)Nc1cccc2c1CCN(CC(C)(C)O)C2. The summed E-state index contributed by atoms with van der Waals surface area (Å²) in [5, 5.41) is 13.0. The van der Waals surface area contributed by atoms with Crippen LogP contribution in [0, 0.1) is 0 Å². The Bertz CT molecular complexity index is 552. The fourth-order valence-corrected chi connectivity index (χ4v) is 3.03.